The molecule has 1 saturated carbocycles. The summed E-state index contributed by atoms with van der Waals surface area (Å²) in [6, 6.07) is 4.89. The van der Waals surface area contributed by atoms with Gasteiger partial charge in [-0.25, -0.2) is 9.38 Å². The molecule has 1 fully saturated rings. The normalized spacial score (nSPS) is 30.8. The van der Waals surface area contributed by atoms with Crippen LogP contribution < -0.4 is 10.5 Å². The van der Waals surface area contributed by atoms with Gasteiger partial charge in [0.15, 0.2) is 0 Å². The predicted octanol–water partition coefficient (Wildman–Crippen LogP) is 3.00. The van der Waals surface area contributed by atoms with E-state index in [2.05, 4.69) is 9.98 Å². The smallest absolute Gasteiger partial charge is 0.283 e. The molecular formula is C20H19ClFN3O3. The predicted molar refractivity (Wildman–Crippen MR) is 102 cm³/mol. The van der Waals surface area contributed by atoms with Crippen LogP contribution in [0.5, 0.6) is 5.75 Å². The van der Waals surface area contributed by atoms with Gasteiger partial charge in [0.25, 0.3) is 6.02 Å². The van der Waals surface area contributed by atoms with Gasteiger partial charge in [-0.2, -0.15) is 0 Å². The van der Waals surface area contributed by atoms with Crippen LogP contribution in [0.4, 0.5) is 4.39 Å². The Morgan fingerprint density at radius 3 is 2.86 bits per heavy atom. The first-order chi connectivity index (χ1) is 13.5. The molecule has 0 saturated heterocycles. The molecule has 8 heteroatoms. The van der Waals surface area contributed by atoms with Crippen molar-refractivity contribution in [2.24, 2.45) is 16.6 Å². The average molecular weight is 404 g/mol. The third-order valence-electron chi connectivity index (χ3n) is 5.96. The van der Waals surface area contributed by atoms with E-state index in [1.807, 2.05) is 0 Å². The molecular weight excluding hydrogens is 385 g/mol. The number of pyridine rings is 1. The summed E-state index contributed by atoms with van der Waals surface area (Å²) in [4.78, 5) is 8.72. The minimum Gasteiger partial charge on any atom is -0.489 e. The summed E-state index contributed by atoms with van der Waals surface area (Å²) < 4.78 is 26.6. The number of aliphatic hydroxyl groups excluding tert-OH is 1. The molecule has 5 rings (SSSR count). The maximum atomic E-state index is 15.0. The van der Waals surface area contributed by atoms with E-state index in [-0.39, 0.29) is 24.7 Å². The molecule has 4 atom stereocenters. The molecule has 146 valence electrons. The molecule has 3 N–H and O–H groups in total. The minimum absolute atomic E-state index is 0.0137. The fraction of sp³-hybridized carbons (Fsp3) is 0.400. The van der Waals surface area contributed by atoms with Crippen molar-refractivity contribution >= 4 is 17.6 Å². The van der Waals surface area contributed by atoms with E-state index in [0.29, 0.717) is 34.7 Å². The summed E-state index contributed by atoms with van der Waals surface area (Å²) in [5.41, 5.74) is 6.80. The maximum Gasteiger partial charge on any atom is 0.283 e. The average Bonchev–Trinajstić information content (AvgIpc) is 3.03. The lowest BCUT2D eigenvalue weighted by Crippen LogP contribution is -2.51. The summed E-state index contributed by atoms with van der Waals surface area (Å²) >= 11 is 6.04. The van der Waals surface area contributed by atoms with Gasteiger partial charge in [-0.1, -0.05) is 11.6 Å². The second-order valence-corrected chi connectivity index (χ2v) is 8.05. The number of aromatic nitrogens is 1. The van der Waals surface area contributed by atoms with Crippen molar-refractivity contribution in [3.8, 4) is 16.9 Å². The Morgan fingerprint density at radius 1 is 1.25 bits per heavy atom. The number of hydrogen-bond acceptors (Lipinski definition) is 6. The Hall–Kier alpha value is -2.38. The van der Waals surface area contributed by atoms with Gasteiger partial charge in [0.05, 0.1) is 11.1 Å². The zero-order chi connectivity index (χ0) is 19.5. The summed E-state index contributed by atoms with van der Waals surface area (Å²) in [5.74, 6) is -0.0440. The molecule has 3 heterocycles. The molecule has 1 aliphatic carbocycles. The number of nitrogens with two attached hydrogens (primary N) is 1. The zero-order valence-electron chi connectivity index (χ0n) is 14.9. The molecule has 28 heavy (non-hydrogen) atoms. The fourth-order valence-corrected chi connectivity index (χ4v) is 4.87. The van der Waals surface area contributed by atoms with Crippen molar-refractivity contribution in [2.75, 3.05) is 6.61 Å². The van der Waals surface area contributed by atoms with E-state index in [1.54, 1.807) is 18.3 Å². The van der Waals surface area contributed by atoms with Gasteiger partial charge < -0.3 is 20.3 Å². The highest BCUT2D eigenvalue weighted by Gasteiger charge is 2.55. The van der Waals surface area contributed by atoms with Crippen LogP contribution in [0.25, 0.3) is 11.1 Å². The van der Waals surface area contributed by atoms with Gasteiger partial charge in [-0.15, -0.1) is 0 Å². The van der Waals surface area contributed by atoms with Crippen LogP contribution in [0.15, 0.2) is 35.6 Å². The van der Waals surface area contributed by atoms with Crippen LogP contribution in [-0.2, 0) is 10.3 Å². The van der Waals surface area contributed by atoms with Crippen molar-refractivity contribution in [1.82, 2.24) is 4.98 Å². The summed E-state index contributed by atoms with van der Waals surface area (Å²) in [6.07, 6.45) is 4.20. The number of benzene rings is 1. The first kappa shape index (κ1) is 17.7. The van der Waals surface area contributed by atoms with Gasteiger partial charge in [-0.05, 0) is 25.0 Å². The van der Waals surface area contributed by atoms with Crippen LogP contribution in [-0.4, -0.2) is 34.9 Å². The Bertz CT molecular complexity index is 985. The Balaban J connectivity index is 1.69. The van der Waals surface area contributed by atoms with Crippen LogP contribution >= 0.6 is 11.6 Å². The molecule has 1 aromatic heterocycles. The zero-order valence-corrected chi connectivity index (χ0v) is 15.7. The number of halogens is 2. The van der Waals surface area contributed by atoms with Crippen molar-refractivity contribution in [3.63, 3.8) is 0 Å². The van der Waals surface area contributed by atoms with E-state index in [9.17, 15) is 9.50 Å². The highest BCUT2D eigenvalue weighted by atomic mass is 35.5. The lowest BCUT2D eigenvalue weighted by atomic mass is 9.67. The standard InChI is InChI=1S/C20H19ClFN3O3/c21-11-3-10(7-24-8-11)13-5-15-18(6-16(13)22)28-17-4-12(26)1-2-14(17)20(15)9-27-19(23)25-20/h3,5-8,12,14,17,26H,1-2,4,9H2,(H2,23,25). The molecule has 0 bridgehead atoms. The number of fused-ring (bicyclic) bond motifs is 4. The van der Waals surface area contributed by atoms with Gasteiger partial charge in [0.1, 0.15) is 29.8 Å². The highest BCUT2D eigenvalue weighted by Crippen LogP contribution is 2.53. The minimum atomic E-state index is -0.753. The quantitative estimate of drug-likeness (QED) is 0.764. The van der Waals surface area contributed by atoms with Crippen LogP contribution in [0.2, 0.25) is 5.02 Å². The first-order valence-electron chi connectivity index (χ1n) is 9.24. The van der Waals surface area contributed by atoms with E-state index in [4.69, 9.17) is 26.8 Å². The number of aliphatic hydroxyl groups is 1. The molecule has 2 aliphatic heterocycles. The van der Waals surface area contributed by atoms with Gasteiger partial charge in [0, 0.05) is 47.5 Å². The van der Waals surface area contributed by atoms with Crippen LogP contribution in [0.3, 0.4) is 0 Å². The number of hydrogen-bond donors (Lipinski definition) is 2. The summed E-state index contributed by atoms with van der Waals surface area (Å²) in [6.45, 7) is 0.269. The van der Waals surface area contributed by atoms with E-state index in [0.717, 1.165) is 12.0 Å². The van der Waals surface area contributed by atoms with Crippen molar-refractivity contribution in [3.05, 3.63) is 47.0 Å². The number of ether oxygens (including phenoxy) is 2. The number of amidine groups is 1. The number of nitrogens with zero attached hydrogens (tertiary/aromatic N) is 2. The SMILES string of the molecule is NC1=NC2(CO1)c1cc(-c3cncc(Cl)c3)c(F)cc1OC1CC(O)CCC12. The number of aliphatic imine (C=N–C) groups is 1. The Kier molecular flexibility index (Phi) is 4.00. The first-order valence-corrected chi connectivity index (χ1v) is 9.62. The van der Waals surface area contributed by atoms with Gasteiger partial charge in [0.2, 0.25) is 0 Å². The van der Waals surface area contributed by atoms with Crippen molar-refractivity contribution in [1.29, 1.82) is 0 Å². The van der Waals surface area contributed by atoms with Crippen molar-refractivity contribution in [2.45, 2.75) is 37.0 Å². The molecule has 1 aromatic carbocycles. The largest absolute Gasteiger partial charge is 0.489 e. The molecule has 3 aliphatic rings. The Labute approximate surface area is 166 Å². The second kappa shape index (κ2) is 6.32. The number of rotatable bonds is 1. The molecule has 0 radical (unpaired) electrons. The topological polar surface area (TPSA) is 90.0 Å². The summed E-state index contributed by atoms with van der Waals surface area (Å²) in [5, 5.41) is 10.5. The molecule has 4 unspecified atom stereocenters. The van der Waals surface area contributed by atoms with Gasteiger partial charge >= 0.3 is 0 Å². The second-order valence-electron chi connectivity index (χ2n) is 7.61. The maximum absolute atomic E-state index is 15.0. The highest BCUT2D eigenvalue weighted by molar-refractivity contribution is 6.30. The van der Waals surface area contributed by atoms with E-state index >= 15 is 0 Å². The third kappa shape index (κ3) is 2.64. The van der Waals surface area contributed by atoms with Crippen LogP contribution in [0.1, 0.15) is 24.8 Å². The molecule has 2 aromatic rings. The fourth-order valence-electron chi connectivity index (χ4n) is 4.69. The van der Waals surface area contributed by atoms with E-state index in [1.165, 1.54) is 12.3 Å². The molecule has 1 spiro atoms. The van der Waals surface area contributed by atoms with Crippen LogP contribution in [0, 0.1) is 11.7 Å². The van der Waals surface area contributed by atoms with Crippen molar-refractivity contribution < 1.29 is 19.0 Å². The molecule has 6 nitrogen and oxygen atoms in total. The lowest BCUT2D eigenvalue weighted by Gasteiger charge is -2.47. The Morgan fingerprint density at radius 2 is 2.11 bits per heavy atom. The van der Waals surface area contributed by atoms with E-state index < -0.39 is 17.5 Å². The monoisotopic (exact) mass is 403 g/mol. The lowest BCUT2D eigenvalue weighted by molar-refractivity contribution is -0.0362. The third-order valence-corrected chi connectivity index (χ3v) is 6.16. The molecule has 0 amide bonds. The van der Waals surface area contributed by atoms with Gasteiger partial charge in [-0.3, -0.25) is 4.98 Å². The summed E-state index contributed by atoms with van der Waals surface area (Å²) in [7, 11) is 0.